The monoisotopic (exact) mass is 336 g/mol. The van der Waals surface area contributed by atoms with Crippen molar-refractivity contribution in [1.29, 1.82) is 15.8 Å². The Kier molecular flexibility index (Phi) is 4.06. The lowest BCUT2D eigenvalue weighted by Crippen LogP contribution is -2.43. The number of hydrogen-bond donors (Lipinski definition) is 1. The van der Waals surface area contributed by atoms with Gasteiger partial charge in [-0.2, -0.15) is 27.5 Å². The Morgan fingerprint density at radius 1 is 1.17 bits per heavy atom. The zero-order valence-corrected chi connectivity index (χ0v) is 13.5. The molecule has 1 aliphatic carbocycles. The van der Waals surface area contributed by atoms with Crippen molar-refractivity contribution in [1.82, 2.24) is 0 Å². The average Bonchev–Trinajstić information content (AvgIpc) is 2.62. The second kappa shape index (κ2) is 6.04. The molecule has 0 spiro atoms. The quantitative estimate of drug-likeness (QED) is 0.850. The number of thioether (sulfide) groups is 1. The first-order chi connectivity index (χ1) is 11.6. The van der Waals surface area contributed by atoms with Gasteiger partial charge in [0.2, 0.25) is 0 Å². The molecule has 1 aromatic rings. The molecule has 3 rings (SSSR count). The van der Waals surface area contributed by atoms with E-state index in [-0.39, 0.29) is 23.0 Å². The zero-order chi connectivity index (χ0) is 17.3. The predicted molar refractivity (Wildman–Crippen MR) is 88.5 cm³/mol. The maximum Gasteiger partial charge on any atom is 0.191 e. The molecule has 118 valence electrons. The first-order valence-corrected chi connectivity index (χ1v) is 8.51. The molecule has 4 nitrogen and oxygen atoms in total. The molecule has 24 heavy (non-hydrogen) atoms. The van der Waals surface area contributed by atoms with Crippen LogP contribution in [0.3, 0.4) is 0 Å². The van der Waals surface area contributed by atoms with Crippen LogP contribution < -0.4 is 5.73 Å². The summed E-state index contributed by atoms with van der Waals surface area (Å²) in [5, 5.41) is 29.1. The highest BCUT2D eigenvalue weighted by molar-refractivity contribution is 7.99. The van der Waals surface area contributed by atoms with E-state index in [2.05, 4.69) is 18.2 Å². The van der Waals surface area contributed by atoms with Crippen molar-refractivity contribution in [2.24, 2.45) is 17.1 Å². The van der Waals surface area contributed by atoms with Crippen LogP contribution in [-0.2, 0) is 0 Å². The SMILES string of the molecule is N#CC1=C(N)C(C#N)(C#N)[C@H](c2ccc(F)cc2)[C@@H]2CSCC=C12. The molecule has 1 aliphatic heterocycles. The first kappa shape index (κ1) is 16.1. The number of nitriles is 3. The lowest BCUT2D eigenvalue weighted by atomic mass is 9.59. The minimum absolute atomic E-state index is 0.00118. The summed E-state index contributed by atoms with van der Waals surface area (Å²) in [6.45, 7) is 0. The molecule has 0 radical (unpaired) electrons. The van der Waals surface area contributed by atoms with Gasteiger partial charge in [0.25, 0.3) is 0 Å². The Morgan fingerprint density at radius 3 is 2.42 bits per heavy atom. The molecular formula is C18H13FN4S. The third-order valence-electron chi connectivity index (χ3n) is 4.66. The third-order valence-corrected chi connectivity index (χ3v) is 5.66. The summed E-state index contributed by atoms with van der Waals surface area (Å²) < 4.78 is 13.3. The standard InChI is InChI=1S/C18H13FN4S/c19-12-3-1-11(2-4-12)16-15-8-24-6-5-13(15)14(7-20)17(23)18(16,9-21)10-22/h1-5,15-16H,6,8,23H2/t15-,16-/m1/s1. The number of halogens is 1. The van der Waals surface area contributed by atoms with E-state index in [1.165, 1.54) is 12.1 Å². The van der Waals surface area contributed by atoms with E-state index in [1.54, 1.807) is 23.9 Å². The summed E-state index contributed by atoms with van der Waals surface area (Å²) in [6, 6.07) is 12.0. The fraction of sp³-hybridized carbons (Fsp3) is 0.278. The van der Waals surface area contributed by atoms with E-state index in [4.69, 9.17) is 5.73 Å². The summed E-state index contributed by atoms with van der Waals surface area (Å²) in [7, 11) is 0. The van der Waals surface area contributed by atoms with Crippen LogP contribution >= 0.6 is 11.8 Å². The van der Waals surface area contributed by atoms with Crippen molar-refractivity contribution in [3.8, 4) is 18.2 Å². The molecule has 2 N–H and O–H groups in total. The van der Waals surface area contributed by atoms with Gasteiger partial charge in [-0.05, 0) is 23.3 Å². The molecule has 0 saturated carbocycles. The lowest BCUT2D eigenvalue weighted by Gasteiger charge is -2.43. The highest BCUT2D eigenvalue weighted by atomic mass is 32.2. The second-order valence-corrected chi connectivity index (χ2v) is 6.84. The summed E-state index contributed by atoms with van der Waals surface area (Å²) >= 11 is 1.68. The molecule has 2 aliphatic rings. The average molecular weight is 336 g/mol. The van der Waals surface area contributed by atoms with Crippen LogP contribution in [0.25, 0.3) is 0 Å². The van der Waals surface area contributed by atoms with Crippen LogP contribution in [0.1, 0.15) is 11.5 Å². The topological polar surface area (TPSA) is 97.4 Å². The minimum Gasteiger partial charge on any atom is -0.399 e. The van der Waals surface area contributed by atoms with Gasteiger partial charge in [0, 0.05) is 23.3 Å². The van der Waals surface area contributed by atoms with Gasteiger partial charge in [-0.1, -0.05) is 18.2 Å². The van der Waals surface area contributed by atoms with Crippen molar-refractivity contribution < 1.29 is 4.39 Å². The van der Waals surface area contributed by atoms with Crippen molar-refractivity contribution in [2.45, 2.75) is 5.92 Å². The molecule has 0 fully saturated rings. The molecule has 1 heterocycles. The number of nitrogens with two attached hydrogens (primary N) is 1. The Labute approximate surface area is 143 Å². The van der Waals surface area contributed by atoms with Gasteiger partial charge in [0.1, 0.15) is 11.9 Å². The Morgan fingerprint density at radius 2 is 1.83 bits per heavy atom. The molecule has 2 atom stereocenters. The maximum absolute atomic E-state index is 13.3. The predicted octanol–water partition coefficient (Wildman–Crippen LogP) is 2.98. The zero-order valence-electron chi connectivity index (χ0n) is 12.7. The highest BCUT2D eigenvalue weighted by Gasteiger charge is 2.53. The van der Waals surface area contributed by atoms with E-state index >= 15 is 0 Å². The molecule has 0 amide bonds. The van der Waals surface area contributed by atoms with Gasteiger partial charge in [-0.25, -0.2) is 4.39 Å². The minimum atomic E-state index is -1.64. The van der Waals surface area contributed by atoms with Crippen molar-refractivity contribution in [3.05, 3.63) is 58.6 Å². The Balaban J connectivity index is 2.31. The summed E-state index contributed by atoms with van der Waals surface area (Å²) in [5.74, 6) is 0.327. The van der Waals surface area contributed by atoms with Crippen molar-refractivity contribution >= 4 is 11.8 Å². The first-order valence-electron chi connectivity index (χ1n) is 7.35. The van der Waals surface area contributed by atoms with Gasteiger partial charge in [-0.3, -0.25) is 0 Å². The van der Waals surface area contributed by atoms with Gasteiger partial charge >= 0.3 is 0 Å². The van der Waals surface area contributed by atoms with Crippen LogP contribution in [0.2, 0.25) is 0 Å². The third kappa shape index (κ3) is 2.18. The van der Waals surface area contributed by atoms with Crippen LogP contribution in [0.5, 0.6) is 0 Å². The number of allylic oxidation sites excluding steroid dienone is 3. The van der Waals surface area contributed by atoms with E-state index in [0.717, 1.165) is 11.3 Å². The molecule has 6 heteroatoms. The lowest BCUT2D eigenvalue weighted by molar-refractivity contribution is 0.368. The number of fused-ring (bicyclic) bond motifs is 1. The fourth-order valence-corrected chi connectivity index (χ4v) is 4.59. The number of rotatable bonds is 1. The van der Waals surface area contributed by atoms with Crippen LogP contribution in [0.15, 0.2) is 47.2 Å². The van der Waals surface area contributed by atoms with Gasteiger partial charge < -0.3 is 5.73 Å². The molecule has 0 saturated heterocycles. The Bertz CT molecular complexity index is 850. The summed E-state index contributed by atoms with van der Waals surface area (Å²) in [5.41, 5.74) is 6.22. The van der Waals surface area contributed by atoms with Crippen LogP contribution in [0.4, 0.5) is 4.39 Å². The fourth-order valence-electron chi connectivity index (χ4n) is 3.53. The van der Waals surface area contributed by atoms with Gasteiger partial charge in [-0.15, -0.1) is 0 Å². The van der Waals surface area contributed by atoms with E-state index in [0.29, 0.717) is 11.3 Å². The second-order valence-electron chi connectivity index (χ2n) is 5.76. The molecule has 0 unspecified atom stereocenters. The molecule has 1 aromatic carbocycles. The summed E-state index contributed by atoms with van der Waals surface area (Å²) in [6.07, 6.45) is 1.94. The normalized spacial score (nSPS) is 24.8. The maximum atomic E-state index is 13.3. The largest absolute Gasteiger partial charge is 0.399 e. The molecule has 0 aromatic heterocycles. The molecule has 0 bridgehead atoms. The van der Waals surface area contributed by atoms with E-state index in [9.17, 15) is 20.2 Å². The summed E-state index contributed by atoms with van der Waals surface area (Å²) in [4.78, 5) is 0. The van der Waals surface area contributed by atoms with Crippen molar-refractivity contribution in [3.63, 3.8) is 0 Å². The number of nitrogens with zero attached hydrogens (tertiary/aromatic N) is 3. The van der Waals surface area contributed by atoms with Gasteiger partial charge in [0.05, 0.1) is 23.4 Å². The van der Waals surface area contributed by atoms with Crippen LogP contribution in [0, 0.1) is 51.1 Å². The van der Waals surface area contributed by atoms with Gasteiger partial charge in [0.15, 0.2) is 5.41 Å². The van der Waals surface area contributed by atoms with Crippen molar-refractivity contribution in [2.75, 3.05) is 11.5 Å². The highest BCUT2D eigenvalue weighted by Crippen LogP contribution is 2.54. The van der Waals surface area contributed by atoms with E-state index < -0.39 is 11.3 Å². The van der Waals surface area contributed by atoms with Crippen LogP contribution in [-0.4, -0.2) is 11.5 Å². The Hall–Kier alpha value is -2.75. The number of benzene rings is 1. The smallest absolute Gasteiger partial charge is 0.191 e. The van der Waals surface area contributed by atoms with E-state index in [1.807, 2.05) is 6.08 Å². The number of hydrogen-bond acceptors (Lipinski definition) is 5. The molecular weight excluding hydrogens is 323 g/mol.